The van der Waals surface area contributed by atoms with Crippen LogP contribution in [0.1, 0.15) is 30.1 Å². The predicted octanol–water partition coefficient (Wildman–Crippen LogP) is 2.42. The van der Waals surface area contributed by atoms with Gasteiger partial charge in [-0.3, -0.25) is 4.79 Å². The van der Waals surface area contributed by atoms with E-state index in [9.17, 15) is 9.59 Å². The van der Waals surface area contributed by atoms with Crippen LogP contribution >= 0.6 is 11.6 Å². The number of carbonyl (C=O) groups is 2. The zero-order valence-corrected chi connectivity index (χ0v) is 10.7. The minimum absolute atomic E-state index is 0.0549. The fourth-order valence-corrected chi connectivity index (χ4v) is 2.00. The van der Waals surface area contributed by atoms with Crippen molar-refractivity contribution in [3.8, 4) is 0 Å². The summed E-state index contributed by atoms with van der Waals surface area (Å²) in [6.07, 6.45) is 1.74. The van der Waals surface area contributed by atoms with Crippen LogP contribution in [-0.4, -0.2) is 34.0 Å². The lowest BCUT2D eigenvalue weighted by Gasteiger charge is -2.26. The second-order valence-electron chi connectivity index (χ2n) is 4.46. The molecule has 1 aliphatic carbocycles. The van der Waals surface area contributed by atoms with Crippen molar-refractivity contribution in [2.45, 2.75) is 31.8 Å². The summed E-state index contributed by atoms with van der Waals surface area (Å²) < 4.78 is 0. The molecule has 1 aromatic rings. The zero-order valence-electron chi connectivity index (χ0n) is 9.97. The van der Waals surface area contributed by atoms with Crippen LogP contribution in [0, 0.1) is 0 Å². The second-order valence-corrected chi connectivity index (χ2v) is 4.90. The van der Waals surface area contributed by atoms with Crippen molar-refractivity contribution in [1.82, 2.24) is 4.90 Å². The monoisotopic (exact) mass is 267 g/mol. The Morgan fingerprint density at radius 3 is 2.33 bits per heavy atom. The maximum Gasteiger partial charge on any atom is 0.326 e. The van der Waals surface area contributed by atoms with Gasteiger partial charge in [0.2, 0.25) is 0 Å². The van der Waals surface area contributed by atoms with E-state index in [0.717, 1.165) is 12.8 Å². The number of benzene rings is 1. The third-order valence-corrected chi connectivity index (χ3v) is 3.29. The molecule has 0 saturated heterocycles. The summed E-state index contributed by atoms with van der Waals surface area (Å²) in [5, 5.41) is 9.61. The molecule has 0 aliphatic heterocycles. The fourth-order valence-electron chi connectivity index (χ4n) is 1.87. The minimum atomic E-state index is -0.982. The van der Waals surface area contributed by atoms with Gasteiger partial charge in [0.15, 0.2) is 0 Å². The van der Waals surface area contributed by atoms with E-state index >= 15 is 0 Å². The van der Waals surface area contributed by atoms with Gasteiger partial charge in [-0.15, -0.1) is 0 Å². The molecule has 2 rings (SSSR count). The molecule has 1 fully saturated rings. The van der Waals surface area contributed by atoms with E-state index in [2.05, 4.69) is 0 Å². The lowest BCUT2D eigenvalue weighted by atomic mass is 10.1. The number of carboxylic acid groups (broad SMARTS) is 1. The van der Waals surface area contributed by atoms with Gasteiger partial charge in [0.05, 0.1) is 0 Å². The van der Waals surface area contributed by atoms with Crippen LogP contribution < -0.4 is 0 Å². The molecule has 0 bridgehead atoms. The van der Waals surface area contributed by atoms with Crippen molar-refractivity contribution in [2.24, 2.45) is 0 Å². The molecule has 96 valence electrons. The average Bonchev–Trinajstić information content (AvgIpc) is 3.14. The Morgan fingerprint density at radius 1 is 1.33 bits per heavy atom. The van der Waals surface area contributed by atoms with Crippen molar-refractivity contribution in [3.05, 3.63) is 34.9 Å². The van der Waals surface area contributed by atoms with Crippen LogP contribution in [0.15, 0.2) is 24.3 Å². The Bertz CT molecular complexity index is 468. The maximum atomic E-state index is 12.3. The molecule has 5 heteroatoms. The largest absolute Gasteiger partial charge is 0.480 e. The normalized spacial score (nSPS) is 16.1. The van der Waals surface area contributed by atoms with Gasteiger partial charge in [-0.25, -0.2) is 4.79 Å². The van der Waals surface area contributed by atoms with Gasteiger partial charge in [-0.1, -0.05) is 11.6 Å². The van der Waals surface area contributed by atoms with E-state index in [1.165, 1.54) is 11.8 Å². The summed E-state index contributed by atoms with van der Waals surface area (Å²) in [6, 6.07) is 5.75. The van der Waals surface area contributed by atoms with Crippen molar-refractivity contribution in [1.29, 1.82) is 0 Å². The van der Waals surface area contributed by atoms with Crippen molar-refractivity contribution in [2.75, 3.05) is 0 Å². The SMILES string of the molecule is CC(C(=O)O)N(C(=O)c1ccc(Cl)cc1)C1CC1. The highest BCUT2D eigenvalue weighted by molar-refractivity contribution is 6.30. The van der Waals surface area contributed by atoms with E-state index in [4.69, 9.17) is 16.7 Å². The Morgan fingerprint density at radius 2 is 1.89 bits per heavy atom. The number of rotatable bonds is 4. The summed E-state index contributed by atoms with van der Waals surface area (Å²) in [7, 11) is 0. The Balaban J connectivity index is 2.23. The zero-order chi connectivity index (χ0) is 13.3. The maximum absolute atomic E-state index is 12.3. The summed E-state index contributed by atoms with van der Waals surface area (Å²) in [5.41, 5.74) is 0.472. The number of carboxylic acids is 1. The van der Waals surface area contributed by atoms with Crippen molar-refractivity contribution in [3.63, 3.8) is 0 Å². The standard InChI is InChI=1S/C13H14ClNO3/c1-8(13(17)18)15(11-6-7-11)12(16)9-2-4-10(14)5-3-9/h2-5,8,11H,6-7H2,1H3,(H,17,18). The van der Waals surface area contributed by atoms with Gasteiger partial charge in [0, 0.05) is 16.6 Å². The predicted molar refractivity (Wildman–Crippen MR) is 67.7 cm³/mol. The third kappa shape index (κ3) is 2.64. The lowest BCUT2D eigenvalue weighted by molar-refractivity contribution is -0.141. The number of nitrogens with zero attached hydrogens (tertiary/aromatic N) is 1. The van der Waals surface area contributed by atoms with Crippen molar-refractivity contribution >= 4 is 23.5 Å². The molecule has 0 spiro atoms. The van der Waals surface area contributed by atoms with Crippen LogP contribution in [0.2, 0.25) is 5.02 Å². The average molecular weight is 268 g/mol. The van der Waals surface area contributed by atoms with Gasteiger partial charge in [-0.05, 0) is 44.0 Å². The van der Waals surface area contributed by atoms with Gasteiger partial charge < -0.3 is 10.0 Å². The smallest absolute Gasteiger partial charge is 0.326 e. The second kappa shape index (κ2) is 4.98. The minimum Gasteiger partial charge on any atom is -0.480 e. The third-order valence-electron chi connectivity index (χ3n) is 3.04. The lowest BCUT2D eigenvalue weighted by Crippen LogP contribution is -2.44. The Hall–Kier alpha value is -1.55. The molecule has 1 amide bonds. The summed E-state index contributed by atoms with van der Waals surface area (Å²) in [4.78, 5) is 24.8. The highest BCUT2D eigenvalue weighted by atomic mass is 35.5. The molecule has 1 aromatic carbocycles. The van der Waals surface area contributed by atoms with Crippen LogP contribution in [0.5, 0.6) is 0 Å². The Kier molecular flexibility index (Phi) is 3.57. The molecule has 0 heterocycles. The molecule has 18 heavy (non-hydrogen) atoms. The van der Waals surface area contributed by atoms with Crippen LogP contribution in [0.3, 0.4) is 0 Å². The van der Waals surface area contributed by atoms with Crippen molar-refractivity contribution < 1.29 is 14.7 Å². The first-order valence-electron chi connectivity index (χ1n) is 5.81. The molecule has 1 unspecified atom stereocenters. The van der Waals surface area contributed by atoms with Gasteiger partial charge in [0.1, 0.15) is 6.04 Å². The first kappa shape index (κ1) is 12.9. The number of hydrogen-bond acceptors (Lipinski definition) is 2. The summed E-state index contributed by atoms with van der Waals surface area (Å²) in [6.45, 7) is 1.54. The highest BCUT2D eigenvalue weighted by Gasteiger charge is 2.38. The van der Waals surface area contributed by atoms with Gasteiger partial charge in [-0.2, -0.15) is 0 Å². The number of aliphatic carboxylic acids is 1. The quantitative estimate of drug-likeness (QED) is 0.911. The van der Waals surface area contributed by atoms with Gasteiger partial charge >= 0.3 is 5.97 Å². The topological polar surface area (TPSA) is 57.6 Å². The van der Waals surface area contributed by atoms with E-state index in [-0.39, 0.29) is 11.9 Å². The summed E-state index contributed by atoms with van der Waals surface area (Å²) >= 11 is 5.76. The molecule has 4 nitrogen and oxygen atoms in total. The molecule has 0 aromatic heterocycles. The van der Waals surface area contributed by atoms with Crippen LogP contribution in [0.25, 0.3) is 0 Å². The van der Waals surface area contributed by atoms with Crippen LogP contribution in [0.4, 0.5) is 0 Å². The fraction of sp³-hybridized carbons (Fsp3) is 0.385. The molecule has 1 aliphatic rings. The number of amides is 1. The first-order valence-corrected chi connectivity index (χ1v) is 6.19. The van der Waals surface area contributed by atoms with E-state index < -0.39 is 12.0 Å². The van der Waals surface area contributed by atoms with Gasteiger partial charge in [0.25, 0.3) is 5.91 Å². The molecular formula is C13H14ClNO3. The molecule has 1 saturated carbocycles. The number of carbonyl (C=O) groups excluding carboxylic acids is 1. The van der Waals surface area contributed by atoms with E-state index in [0.29, 0.717) is 10.6 Å². The van der Waals surface area contributed by atoms with Crippen LogP contribution in [-0.2, 0) is 4.79 Å². The molecule has 1 atom stereocenters. The Labute approximate surface area is 110 Å². The number of hydrogen-bond donors (Lipinski definition) is 1. The number of halogens is 1. The molecule has 1 N–H and O–H groups in total. The first-order chi connectivity index (χ1) is 8.50. The molecule has 0 radical (unpaired) electrons. The highest BCUT2D eigenvalue weighted by Crippen LogP contribution is 2.30. The van der Waals surface area contributed by atoms with E-state index in [1.54, 1.807) is 24.3 Å². The van der Waals surface area contributed by atoms with E-state index in [1.807, 2.05) is 0 Å². The molecular weight excluding hydrogens is 254 g/mol. The summed E-state index contributed by atoms with van der Waals surface area (Å²) in [5.74, 6) is -1.23.